The first kappa shape index (κ1) is 48.2. The van der Waals surface area contributed by atoms with Crippen LogP contribution in [0.15, 0.2) is 90.7 Å². The molecule has 1 aromatic carbocycles. The Bertz CT molecular complexity index is 991. The summed E-state index contributed by atoms with van der Waals surface area (Å²) in [5.74, 6) is 2.21. The molecule has 1 N–H and O–H groups in total. The summed E-state index contributed by atoms with van der Waals surface area (Å²) in [4.78, 5) is 8.64. The van der Waals surface area contributed by atoms with Crippen LogP contribution < -0.4 is 4.98 Å². The molecule has 0 aliphatic carbocycles. The maximum absolute atomic E-state index is 12.4. The molecule has 0 fully saturated rings. The van der Waals surface area contributed by atoms with Crippen LogP contribution in [0.1, 0.15) is 130 Å². The van der Waals surface area contributed by atoms with Crippen LogP contribution in [-0.2, 0) is 0 Å². The zero-order valence-electron chi connectivity index (χ0n) is 23.6. The van der Waals surface area contributed by atoms with Gasteiger partial charge < -0.3 is 0 Å². The molecule has 2 nitrogen and oxygen atoms in total. The fourth-order valence-corrected chi connectivity index (χ4v) is 3.71. The quantitative estimate of drug-likeness (QED) is 0.227. The van der Waals surface area contributed by atoms with Crippen LogP contribution in [-0.4, -0.2) is 4.98 Å². The number of hydrogen-bond donors (Lipinski definition) is 0. The first-order valence-electron chi connectivity index (χ1n) is 12.8. The summed E-state index contributed by atoms with van der Waals surface area (Å²) >= 11 is 1.83. The van der Waals surface area contributed by atoms with Crippen LogP contribution in [0.4, 0.5) is 4.39 Å². The number of halogens is 2. The average Bonchev–Trinajstić information content (AvgIpc) is 3.42. The van der Waals surface area contributed by atoms with E-state index in [1.807, 2.05) is 60.3 Å². The van der Waals surface area contributed by atoms with Crippen LogP contribution in [0.5, 0.6) is 0 Å². The Hall–Kier alpha value is -2.56. The van der Waals surface area contributed by atoms with Gasteiger partial charge in [-0.1, -0.05) is 109 Å². The first-order chi connectivity index (χ1) is 17.1. The molecule has 0 amide bonds. The van der Waals surface area contributed by atoms with Gasteiger partial charge in [0.15, 0.2) is 12.4 Å². The van der Waals surface area contributed by atoms with Crippen molar-refractivity contribution >= 4 is 23.7 Å². The highest BCUT2D eigenvalue weighted by atomic mass is 35.5. The second kappa shape index (κ2) is 27.6. The summed E-state index contributed by atoms with van der Waals surface area (Å²) in [6, 6.07) is 21.1. The van der Waals surface area contributed by atoms with E-state index in [-0.39, 0.29) is 47.9 Å². The molecule has 3 heterocycles. The lowest BCUT2D eigenvalue weighted by Gasteiger charge is -2.02. The highest BCUT2D eigenvalue weighted by molar-refractivity contribution is 7.10. The molecule has 4 aromatic rings. The minimum atomic E-state index is -0.163. The third-order valence-electron chi connectivity index (χ3n) is 5.34. The van der Waals surface area contributed by atoms with Crippen molar-refractivity contribution in [3.63, 3.8) is 0 Å². The Morgan fingerprint density at radius 2 is 1.12 bits per heavy atom. The van der Waals surface area contributed by atoms with E-state index in [0.717, 1.165) is 5.69 Å². The second-order valence-corrected chi connectivity index (χ2v) is 10.8. The number of aromatic amines is 1. The minimum Gasteiger partial charge on any atom is -0.261 e. The van der Waals surface area contributed by atoms with Gasteiger partial charge in [0.1, 0.15) is 5.82 Å². The van der Waals surface area contributed by atoms with Crippen molar-refractivity contribution in [3.05, 3.63) is 118 Å². The Morgan fingerprint density at radius 1 is 0.610 bits per heavy atom. The number of hydrogen-bond acceptors (Lipinski definition) is 2. The van der Waals surface area contributed by atoms with Gasteiger partial charge in [-0.2, -0.15) is 0 Å². The third kappa shape index (κ3) is 21.8. The summed E-state index contributed by atoms with van der Waals surface area (Å²) in [5.41, 5.74) is 3.73. The molecule has 3 aromatic heterocycles. The second-order valence-electron chi connectivity index (χ2n) is 9.77. The highest BCUT2D eigenvalue weighted by Crippen LogP contribution is 2.18. The van der Waals surface area contributed by atoms with Gasteiger partial charge in [-0.15, -0.1) is 23.7 Å². The molecule has 0 bridgehead atoms. The molecule has 0 saturated heterocycles. The highest BCUT2D eigenvalue weighted by Gasteiger charge is 1.98. The normalized spacial score (nSPS) is 9.00. The molecule has 234 valence electrons. The molecule has 0 aliphatic heterocycles. The van der Waals surface area contributed by atoms with Gasteiger partial charge in [0.05, 0.1) is 0 Å². The van der Waals surface area contributed by atoms with Crippen molar-refractivity contribution in [3.8, 4) is 0 Å². The number of pyridine rings is 2. The fourth-order valence-electron chi connectivity index (χ4n) is 2.97. The molecule has 5 heteroatoms. The number of benzene rings is 1. The molecule has 41 heavy (non-hydrogen) atoms. The van der Waals surface area contributed by atoms with E-state index >= 15 is 0 Å². The van der Waals surface area contributed by atoms with E-state index in [2.05, 4.69) is 95.0 Å². The predicted octanol–water partition coefficient (Wildman–Crippen LogP) is 12.6. The van der Waals surface area contributed by atoms with Crippen LogP contribution >= 0.6 is 23.7 Å². The first-order valence-corrected chi connectivity index (χ1v) is 13.7. The average molecular weight is 608 g/mol. The zero-order chi connectivity index (χ0) is 26.9. The monoisotopic (exact) mass is 607 g/mol. The lowest BCUT2D eigenvalue weighted by Crippen LogP contribution is -1.99. The standard InChI is InChI=1S/C9H11F.2C8H11N.C7H10S.4CH4.ClH/c1-7(2)8-3-5-9(10)6-4-8;1-7(2)8-3-5-9-6-4-8;1-7(2)8-5-3-4-6-9-8;1-6(2)7-4-3-5-8-7;;;;;/h3-7H,1-2H3;2*3-7H,1-2H3;3-6H,1-2H3;4*1H4;1H/p+1. The van der Waals surface area contributed by atoms with E-state index in [9.17, 15) is 4.39 Å². The van der Waals surface area contributed by atoms with Gasteiger partial charge >= 0.3 is 0 Å². The van der Waals surface area contributed by atoms with Crippen molar-refractivity contribution in [2.45, 2.75) is 109 Å². The van der Waals surface area contributed by atoms with E-state index in [1.165, 1.54) is 28.1 Å². The van der Waals surface area contributed by atoms with E-state index in [1.54, 1.807) is 0 Å². The molecule has 4 rings (SSSR count). The van der Waals surface area contributed by atoms with Crippen molar-refractivity contribution in [1.29, 1.82) is 0 Å². The van der Waals surface area contributed by atoms with Gasteiger partial charge in [-0.25, -0.2) is 9.37 Å². The van der Waals surface area contributed by atoms with E-state index < -0.39 is 0 Å². The summed E-state index contributed by atoms with van der Waals surface area (Å²) in [6.45, 7) is 17.3. The zero-order valence-corrected chi connectivity index (χ0v) is 25.2. The van der Waals surface area contributed by atoms with E-state index in [4.69, 9.17) is 0 Å². The van der Waals surface area contributed by atoms with Crippen molar-refractivity contribution in [2.24, 2.45) is 0 Å². The largest absolute Gasteiger partial charge is 0.261 e. The summed E-state index contributed by atoms with van der Waals surface area (Å²) in [6.07, 6.45) is 5.74. The Morgan fingerprint density at radius 3 is 1.41 bits per heavy atom. The molecular formula is C36H61ClFN2S+. The van der Waals surface area contributed by atoms with Gasteiger partial charge in [0.2, 0.25) is 0 Å². The maximum atomic E-state index is 12.4. The van der Waals surface area contributed by atoms with Crippen molar-refractivity contribution in [1.82, 2.24) is 4.98 Å². The van der Waals surface area contributed by atoms with E-state index in [0.29, 0.717) is 23.7 Å². The molecule has 0 aliphatic rings. The molecular weight excluding hydrogens is 547 g/mol. The van der Waals surface area contributed by atoms with Crippen LogP contribution in [0.3, 0.4) is 0 Å². The van der Waals surface area contributed by atoms with Gasteiger partial charge in [0, 0.05) is 28.9 Å². The molecule has 0 radical (unpaired) electrons. The Balaban J connectivity index is -0.000000135. The number of rotatable bonds is 4. The lowest BCUT2D eigenvalue weighted by molar-refractivity contribution is -0.378. The smallest absolute Gasteiger partial charge is 0.167 e. The van der Waals surface area contributed by atoms with Crippen LogP contribution in [0.2, 0.25) is 0 Å². The Kier molecular flexibility index (Phi) is 32.4. The maximum Gasteiger partial charge on any atom is 0.167 e. The summed E-state index contributed by atoms with van der Waals surface area (Å²) < 4.78 is 12.4. The number of H-pyrrole nitrogens is 1. The van der Waals surface area contributed by atoms with Gasteiger partial charge in [-0.3, -0.25) is 4.98 Å². The van der Waals surface area contributed by atoms with Gasteiger partial charge in [0.25, 0.3) is 0 Å². The SMILES string of the molecule is C.C.C.C.CC(C)c1cc[nH+]cc1.CC(C)c1ccc(F)cc1.CC(C)c1ccccn1.CC(C)c1cccs1.Cl. The predicted molar refractivity (Wildman–Crippen MR) is 188 cm³/mol. The number of aromatic nitrogens is 2. The van der Waals surface area contributed by atoms with Crippen LogP contribution in [0, 0.1) is 5.82 Å². The molecule has 0 saturated carbocycles. The molecule has 0 unspecified atom stereocenters. The van der Waals surface area contributed by atoms with Crippen molar-refractivity contribution < 1.29 is 9.37 Å². The minimum absolute atomic E-state index is 0. The summed E-state index contributed by atoms with van der Waals surface area (Å²) in [7, 11) is 0. The lowest BCUT2D eigenvalue weighted by atomic mass is 10.0. The van der Waals surface area contributed by atoms with Gasteiger partial charge in [-0.05, 0) is 70.5 Å². The van der Waals surface area contributed by atoms with Crippen molar-refractivity contribution in [2.75, 3.05) is 0 Å². The third-order valence-corrected chi connectivity index (χ3v) is 6.51. The molecule has 0 spiro atoms. The number of thiophene rings is 1. The topological polar surface area (TPSA) is 27.0 Å². The molecule has 0 atom stereocenters. The number of nitrogens with zero attached hydrogens (tertiary/aromatic N) is 1. The fraction of sp³-hybridized carbons (Fsp3) is 0.444. The van der Waals surface area contributed by atoms with Crippen LogP contribution in [0.25, 0.3) is 0 Å². The number of nitrogens with one attached hydrogen (secondary N) is 1. The summed E-state index contributed by atoms with van der Waals surface area (Å²) in [5, 5.41) is 2.12. The Labute approximate surface area is 264 Å².